The normalized spacial score (nSPS) is 12.6. The molecule has 1 atom stereocenters. The Morgan fingerprint density at radius 1 is 1.06 bits per heavy atom. The Balaban J connectivity index is 1.91. The van der Waals surface area contributed by atoms with Gasteiger partial charge in [0.15, 0.2) is 0 Å². The molecule has 0 fully saturated rings. The quantitative estimate of drug-likeness (QED) is 0.835. The third-order valence-electron chi connectivity index (χ3n) is 3.23. The molecule has 0 bridgehead atoms. The lowest BCUT2D eigenvalue weighted by Gasteiger charge is -2.13. The highest BCUT2D eigenvalue weighted by molar-refractivity contribution is 7.11. The van der Waals surface area contributed by atoms with E-state index >= 15 is 0 Å². The fraction of sp³-hybridized carbons (Fsp3) is 0.375. The standard InChI is InChI=1S/C16H21NS/c1-4-15-9-10-16(18-15)11-17-13(3)14-7-5-12(2)6-8-14/h5-10,13,17H,4,11H2,1-3H3/t13-/m0/s1. The fourth-order valence-corrected chi connectivity index (χ4v) is 2.84. The van der Waals surface area contributed by atoms with Crippen LogP contribution in [0, 0.1) is 6.92 Å². The van der Waals surface area contributed by atoms with Gasteiger partial charge in [-0.3, -0.25) is 0 Å². The molecule has 0 spiro atoms. The van der Waals surface area contributed by atoms with E-state index in [2.05, 4.69) is 62.5 Å². The minimum absolute atomic E-state index is 0.401. The van der Waals surface area contributed by atoms with E-state index in [1.807, 2.05) is 11.3 Å². The SMILES string of the molecule is CCc1ccc(CN[C@@H](C)c2ccc(C)cc2)s1. The summed E-state index contributed by atoms with van der Waals surface area (Å²) in [7, 11) is 0. The van der Waals surface area contributed by atoms with Crippen molar-refractivity contribution >= 4 is 11.3 Å². The van der Waals surface area contributed by atoms with E-state index in [1.165, 1.54) is 20.9 Å². The second-order valence-electron chi connectivity index (χ2n) is 4.73. The molecule has 0 aliphatic heterocycles. The molecule has 1 aromatic heterocycles. The summed E-state index contributed by atoms with van der Waals surface area (Å²) in [5.74, 6) is 0. The van der Waals surface area contributed by atoms with Crippen molar-refractivity contribution < 1.29 is 0 Å². The second kappa shape index (κ2) is 6.17. The van der Waals surface area contributed by atoms with Crippen LogP contribution in [0.25, 0.3) is 0 Å². The van der Waals surface area contributed by atoms with Crippen molar-refractivity contribution in [2.75, 3.05) is 0 Å². The van der Waals surface area contributed by atoms with Crippen LogP contribution in [-0.2, 0) is 13.0 Å². The van der Waals surface area contributed by atoms with Crippen molar-refractivity contribution in [1.29, 1.82) is 0 Å². The van der Waals surface area contributed by atoms with Crippen LogP contribution in [0.2, 0.25) is 0 Å². The first-order valence-electron chi connectivity index (χ1n) is 6.56. The molecule has 0 aliphatic carbocycles. The van der Waals surface area contributed by atoms with Gasteiger partial charge in [0.05, 0.1) is 0 Å². The van der Waals surface area contributed by atoms with E-state index in [-0.39, 0.29) is 0 Å². The van der Waals surface area contributed by atoms with Crippen molar-refractivity contribution in [3.8, 4) is 0 Å². The molecular weight excluding hydrogens is 238 g/mol. The number of thiophene rings is 1. The van der Waals surface area contributed by atoms with E-state index in [0.29, 0.717) is 6.04 Å². The van der Waals surface area contributed by atoms with Gasteiger partial charge >= 0.3 is 0 Å². The number of rotatable bonds is 5. The van der Waals surface area contributed by atoms with Gasteiger partial charge in [0.1, 0.15) is 0 Å². The van der Waals surface area contributed by atoms with Crippen LogP contribution in [0.1, 0.15) is 40.8 Å². The van der Waals surface area contributed by atoms with Crippen LogP contribution in [-0.4, -0.2) is 0 Å². The summed E-state index contributed by atoms with van der Waals surface area (Å²) >= 11 is 1.91. The molecule has 0 radical (unpaired) electrons. The molecule has 1 N–H and O–H groups in total. The topological polar surface area (TPSA) is 12.0 Å². The van der Waals surface area contributed by atoms with Gasteiger partial charge in [-0.1, -0.05) is 36.8 Å². The van der Waals surface area contributed by atoms with Crippen molar-refractivity contribution in [3.05, 3.63) is 57.3 Å². The molecule has 18 heavy (non-hydrogen) atoms. The van der Waals surface area contributed by atoms with Crippen molar-refractivity contribution in [1.82, 2.24) is 5.32 Å². The largest absolute Gasteiger partial charge is 0.305 e. The zero-order chi connectivity index (χ0) is 13.0. The molecule has 0 unspecified atom stereocenters. The van der Waals surface area contributed by atoms with Crippen molar-refractivity contribution in [2.24, 2.45) is 0 Å². The maximum atomic E-state index is 3.58. The first-order valence-corrected chi connectivity index (χ1v) is 7.38. The van der Waals surface area contributed by atoms with E-state index in [9.17, 15) is 0 Å². The highest BCUT2D eigenvalue weighted by Crippen LogP contribution is 2.19. The smallest absolute Gasteiger partial charge is 0.0305 e. The Labute approximate surface area is 114 Å². The predicted octanol–water partition coefficient (Wildman–Crippen LogP) is 4.47. The zero-order valence-corrected chi connectivity index (χ0v) is 12.2. The lowest BCUT2D eigenvalue weighted by molar-refractivity contribution is 0.579. The summed E-state index contributed by atoms with van der Waals surface area (Å²) in [4.78, 5) is 2.89. The van der Waals surface area contributed by atoms with Crippen molar-refractivity contribution in [3.63, 3.8) is 0 Å². The highest BCUT2D eigenvalue weighted by Gasteiger charge is 2.05. The van der Waals surface area contributed by atoms with Gasteiger partial charge in [-0.05, 0) is 38.0 Å². The summed E-state index contributed by atoms with van der Waals surface area (Å²) in [5, 5.41) is 3.58. The summed E-state index contributed by atoms with van der Waals surface area (Å²) < 4.78 is 0. The molecule has 0 saturated heterocycles. The highest BCUT2D eigenvalue weighted by atomic mass is 32.1. The van der Waals surface area contributed by atoms with Gasteiger partial charge in [0.2, 0.25) is 0 Å². The molecule has 2 heteroatoms. The van der Waals surface area contributed by atoms with Gasteiger partial charge in [0.25, 0.3) is 0 Å². The van der Waals surface area contributed by atoms with Gasteiger partial charge in [-0.15, -0.1) is 11.3 Å². The monoisotopic (exact) mass is 259 g/mol. The van der Waals surface area contributed by atoms with Crippen LogP contribution >= 0.6 is 11.3 Å². The van der Waals surface area contributed by atoms with E-state index in [0.717, 1.165) is 13.0 Å². The number of hydrogen-bond donors (Lipinski definition) is 1. The third-order valence-corrected chi connectivity index (χ3v) is 4.46. The summed E-state index contributed by atoms with van der Waals surface area (Å²) in [6.07, 6.45) is 1.14. The van der Waals surface area contributed by atoms with Gasteiger partial charge in [0, 0.05) is 22.3 Å². The molecule has 0 aliphatic rings. The summed E-state index contributed by atoms with van der Waals surface area (Å²) in [6, 6.07) is 13.6. The zero-order valence-electron chi connectivity index (χ0n) is 11.4. The fourth-order valence-electron chi connectivity index (χ4n) is 1.93. The summed E-state index contributed by atoms with van der Waals surface area (Å²) in [6.45, 7) is 7.51. The van der Waals surface area contributed by atoms with Crippen LogP contribution in [0.5, 0.6) is 0 Å². The van der Waals surface area contributed by atoms with Crippen molar-refractivity contribution in [2.45, 2.75) is 39.8 Å². The van der Waals surface area contributed by atoms with Gasteiger partial charge in [-0.25, -0.2) is 0 Å². The van der Waals surface area contributed by atoms with Crippen LogP contribution in [0.4, 0.5) is 0 Å². The Morgan fingerprint density at radius 3 is 2.33 bits per heavy atom. The molecule has 1 heterocycles. The Bertz CT molecular complexity index is 484. The first kappa shape index (κ1) is 13.3. The molecule has 2 rings (SSSR count). The molecule has 0 saturated carbocycles. The average molecular weight is 259 g/mol. The number of nitrogens with one attached hydrogen (secondary N) is 1. The molecule has 0 amide bonds. The van der Waals surface area contributed by atoms with E-state index in [4.69, 9.17) is 0 Å². The van der Waals surface area contributed by atoms with E-state index in [1.54, 1.807) is 0 Å². The minimum Gasteiger partial charge on any atom is -0.305 e. The Morgan fingerprint density at radius 2 is 1.72 bits per heavy atom. The van der Waals surface area contributed by atoms with Gasteiger partial charge in [-0.2, -0.15) is 0 Å². The first-order chi connectivity index (χ1) is 8.69. The van der Waals surface area contributed by atoms with Crippen LogP contribution in [0.15, 0.2) is 36.4 Å². The number of aryl methyl sites for hydroxylation is 2. The lowest BCUT2D eigenvalue weighted by atomic mass is 10.1. The van der Waals surface area contributed by atoms with E-state index < -0.39 is 0 Å². The third kappa shape index (κ3) is 3.44. The number of hydrogen-bond acceptors (Lipinski definition) is 2. The Hall–Kier alpha value is -1.12. The minimum atomic E-state index is 0.401. The maximum absolute atomic E-state index is 3.58. The van der Waals surface area contributed by atoms with Gasteiger partial charge < -0.3 is 5.32 Å². The molecule has 1 nitrogen and oxygen atoms in total. The molecular formula is C16H21NS. The molecule has 2 aromatic rings. The molecule has 96 valence electrons. The predicted molar refractivity (Wildman–Crippen MR) is 80.1 cm³/mol. The van der Waals surface area contributed by atoms with Crippen LogP contribution in [0.3, 0.4) is 0 Å². The Kier molecular flexibility index (Phi) is 4.56. The second-order valence-corrected chi connectivity index (χ2v) is 5.99. The average Bonchev–Trinajstić information content (AvgIpc) is 2.85. The lowest BCUT2D eigenvalue weighted by Crippen LogP contribution is -2.17. The molecule has 1 aromatic carbocycles. The summed E-state index contributed by atoms with van der Waals surface area (Å²) in [5.41, 5.74) is 2.67. The maximum Gasteiger partial charge on any atom is 0.0305 e. The number of benzene rings is 1. The van der Waals surface area contributed by atoms with Crippen LogP contribution < -0.4 is 5.32 Å².